The molecule has 2 atom stereocenters. The molecule has 0 saturated carbocycles. The lowest BCUT2D eigenvalue weighted by molar-refractivity contribution is -0.149. The molecule has 0 spiro atoms. The number of esters is 1. The number of methoxy groups -OCH3 is 1. The quantitative estimate of drug-likeness (QED) is 0.730. The van der Waals surface area contributed by atoms with Crippen molar-refractivity contribution in [2.24, 2.45) is 11.8 Å². The molecule has 1 aliphatic rings. The first-order chi connectivity index (χ1) is 13.2. The Labute approximate surface area is 160 Å². The van der Waals surface area contributed by atoms with Gasteiger partial charge >= 0.3 is 12.1 Å². The van der Waals surface area contributed by atoms with Crippen LogP contribution in [0.2, 0.25) is 0 Å². The molecule has 1 aromatic heterocycles. The summed E-state index contributed by atoms with van der Waals surface area (Å²) < 4.78 is 48.4. The standard InChI is InChI=1S/C20H20F3NO4/c1-12-11-24(10-9-15(12)19(26)27-2)18(25)17-8-7-16(28-17)13-3-5-14(6-4-13)20(21,22)23/h3-8,12,15H,9-11H2,1-2H3/t12-,15+/m0/s1. The van der Waals surface area contributed by atoms with Gasteiger partial charge in [-0.15, -0.1) is 0 Å². The molecule has 5 nitrogen and oxygen atoms in total. The van der Waals surface area contributed by atoms with Crippen molar-refractivity contribution in [3.63, 3.8) is 0 Å². The highest BCUT2D eigenvalue weighted by Crippen LogP contribution is 2.32. The molecular weight excluding hydrogens is 375 g/mol. The Kier molecular flexibility index (Phi) is 5.49. The minimum atomic E-state index is -4.41. The Morgan fingerprint density at radius 3 is 2.39 bits per heavy atom. The van der Waals surface area contributed by atoms with Crippen LogP contribution in [-0.4, -0.2) is 37.0 Å². The molecule has 1 fully saturated rings. The van der Waals surface area contributed by atoms with Crippen LogP contribution in [0.4, 0.5) is 13.2 Å². The molecule has 8 heteroatoms. The number of ether oxygens (including phenoxy) is 1. The van der Waals surface area contributed by atoms with E-state index in [1.54, 1.807) is 11.0 Å². The van der Waals surface area contributed by atoms with Crippen LogP contribution in [0, 0.1) is 11.8 Å². The number of halogens is 3. The minimum Gasteiger partial charge on any atom is -0.469 e. The number of carbonyl (C=O) groups excluding carboxylic acids is 2. The van der Waals surface area contributed by atoms with Gasteiger partial charge < -0.3 is 14.1 Å². The molecule has 28 heavy (non-hydrogen) atoms. The summed E-state index contributed by atoms with van der Waals surface area (Å²) in [5, 5.41) is 0. The van der Waals surface area contributed by atoms with Gasteiger partial charge in [0.2, 0.25) is 0 Å². The number of benzene rings is 1. The largest absolute Gasteiger partial charge is 0.469 e. The summed E-state index contributed by atoms with van der Waals surface area (Å²) in [7, 11) is 1.35. The topological polar surface area (TPSA) is 59.8 Å². The molecule has 1 saturated heterocycles. The van der Waals surface area contributed by atoms with Crippen LogP contribution in [0.1, 0.15) is 29.5 Å². The maximum absolute atomic E-state index is 12.7. The summed E-state index contributed by atoms with van der Waals surface area (Å²) in [5.41, 5.74) is -0.300. The van der Waals surface area contributed by atoms with E-state index in [1.165, 1.54) is 25.3 Å². The zero-order chi connectivity index (χ0) is 20.5. The van der Waals surface area contributed by atoms with Crippen LogP contribution >= 0.6 is 0 Å². The molecule has 150 valence electrons. The van der Waals surface area contributed by atoms with E-state index >= 15 is 0 Å². The first-order valence-corrected chi connectivity index (χ1v) is 8.85. The Morgan fingerprint density at radius 1 is 1.14 bits per heavy atom. The predicted molar refractivity (Wildman–Crippen MR) is 94.3 cm³/mol. The second-order valence-corrected chi connectivity index (χ2v) is 6.89. The van der Waals surface area contributed by atoms with Crippen molar-refractivity contribution in [3.8, 4) is 11.3 Å². The zero-order valence-corrected chi connectivity index (χ0v) is 15.5. The van der Waals surface area contributed by atoms with E-state index in [9.17, 15) is 22.8 Å². The van der Waals surface area contributed by atoms with Crippen molar-refractivity contribution >= 4 is 11.9 Å². The molecular formula is C20H20F3NO4. The number of piperidine rings is 1. The Morgan fingerprint density at radius 2 is 1.82 bits per heavy atom. The highest BCUT2D eigenvalue weighted by Gasteiger charge is 2.35. The second-order valence-electron chi connectivity index (χ2n) is 6.89. The van der Waals surface area contributed by atoms with Gasteiger partial charge in [0, 0.05) is 18.7 Å². The molecule has 0 unspecified atom stereocenters. The Hall–Kier alpha value is -2.77. The SMILES string of the molecule is COC(=O)[C@@H]1CCN(C(=O)c2ccc(-c3ccc(C(F)(F)F)cc3)o2)C[C@@H]1C. The van der Waals surface area contributed by atoms with Gasteiger partial charge in [0.15, 0.2) is 5.76 Å². The summed E-state index contributed by atoms with van der Waals surface area (Å²) in [4.78, 5) is 26.1. The van der Waals surface area contributed by atoms with Gasteiger partial charge in [0.1, 0.15) is 5.76 Å². The number of rotatable bonds is 3. The van der Waals surface area contributed by atoms with Crippen LogP contribution < -0.4 is 0 Å². The number of furan rings is 1. The van der Waals surface area contributed by atoms with Crippen LogP contribution in [0.3, 0.4) is 0 Å². The average molecular weight is 395 g/mol. The van der Waals surface area contributed by atoms with Gasteiger partial charge in [0.25, 0.3) is 5.91 Å². The number of carbonyl (C=O) groups is 2. The number of amides is 1. The van der Waals surface area contributed by atoms with Crippen molar-refractivity contribution in [2.45, 2.75) is 19.5 Å². The first-order valence-electron chi connectivity index (χ1n) is 8.85. The molecule has 3 rings (SSSR count). The van der Waals surface area contributed by atoms with Gasteiger partial charge in [-0.1, -0.05) is 19.1 Å². The first kappa shape index (κ1) is 20.0. The molecule has 0 radical (unpaired) electrons. The summed E-state index contributed by atoms with van der Waals surface area (Å²) in [5.74, 6) is -0.452. The number of alkyl halides is 3. The van der Waals surface area contributed by atoms with Crippen molar-refractivity contribution in [3.05, 3.63) is 47.7 Å². The summed E-state index contributed by atoms with van der Waals surface area (Å²) in [6.45, 7) is 2.69. The molecule has 0 N–H and O–H groups in total. The van der Waals surface area contributed by atoms with E-state index in [4.69, 9.17) is 9.15 Å². The van der Waals surface area contributed by atoms with E-state index in [1.807, 2.05) is 6.92 Å². The van der Waals surface area contributed by atoms with E-state index < -0.39 is 11.7 Å². The van der Waals surface area contributed by atoms with Crippen molar-refractivity contribution in [1.82, 2.24) is 4.90 Å². The fourth-order valence-corrected chi connectivity index (χ4v) is 3.42. The van der Waals surface area contributed by atoms with Crippen molar-refractivity contribution in [1.29, 1.82) is 0 Å². The summed E-state index contributed by atoms with van der Waals surface area (Å²) in [6.07, 6.45) is -3.90. The van der Waals surface area contributed by atoms with E-state index in [0.29, 0.717) is 30.8 Å². The predicted octanol–water partition coefficient (Wildman–Crippen LogP) is 4.24. The average Bonchev–Trinajstić information content (AvgIpc) is 3.16. The van der Waals surface area contributed by atoms with Gasteiger partial charge in [-0.05, 0) is 36.6 Å². The third-order valence-electron chi connectivity index (χ3n) is 5.01. The molecule has 1 aliphatic heterocycles. The van der Waals surface area contributed by atoms with Gasteiger partial charge in [-0.2, -0.15) is 13.2 Å². The number of hydrogen-bond acceptors (Lipinski definition) is 4. The molecule has 2 heterocycles. The normalized spacial score (nSPS) is 20.1. The van der Waals surface area contributed by atoms with Crippen LogP contribution in [0.5, 0.6) is 0 Å². The van der Waals surface area contributed by atoms with E-state index in [0.717, 1.165) is 12.1 Å². The number of likely N-dealkylation sites (tertiary alicyclic amines) is 1. The monoisotopic (exact) mass is 395 g/mol. The minimum absolute atomic E-state index is 0.0468. The van der Waals surface area contributed by atoms with Gasteiger partial charge in [-0.3, -0.25) is 9.59 Å². The molecule has 2 aromatic rings. The van der Waals surface area contributed by atoms with E-state index in [-0.39, 0.29) is 29.5 Å². The third-order valence-corrected chi connectivity index (χ3v) is 5.01. The van der Waals surface area contributed by atoms with Crippen molar-refractivity contribution < 1.29 is 31.9 Å². The van der Waals surface area contributed by atoms with E-state index in [2.05, 4.69) is 0 Å². The molecule has 0 aliphatic carbocycles. The fraction of sp³-hybridized carbons (Fsp3) is 0.400. The number of hydrogen-bond donors (Lipinski definition) is 0. The summed E-state index contributed by atoms with van der Waals surface area (Å²) >= 11 is 0. The van der Waals surface area contributed by atoms with Crippen LogP contribution in [0.25, 0.3) is 11.3 Å². The lowest BCUT2D eigenvalue weighted by Crippen LogP contribution is -2.45. The highest BCUT2D eigenvalue weighted by atomic mass is 19.4. The lowest BCUT2D eigenvalue weighted by Gasteiger charge is -2.35. The highest BCUT2D eigenvalue weighted by molar-refractivity contribution is 5.92. The second kappa shape index (κ2) is 7.69. The summed E-state index contributed by atoms with van der Waals surface area (Å²) in [6, 6.07) is 7.61. The maximum Gasteiger partial charge on any atom is 0.416 e. The van der Waals surface area contributed by atoms with Crippen LogP contribution in [-0.2, 0) is 15.7 Å². The molecule has 0 bridgehead atoms. The Balaban J connectivity index is 1.70. The zero-order valence-electron chi connectivity index (χ0n) is 15.5. The van der Waals surface area contributed by atoms with Gasteiger partial charge in [0.05, 0.1) is 18.6 Å². The Bertz CT molecular complexity index is 857. The lowest BCUT2D eigenvalue weighted by atomic mass is 9.87. The smallest absolute Gasteiger partial charge is 0.416 e. The molecule has 1 aromatic carbocycles. The maximum atomic E-state index is 12.7. The fourth-order valence-electron chi connectivity index (χ4n) is 3.42. The third kappa shape index (κ3) is 4.05. The molecule has 1 amide bonds. The van der Waals surface area contributed by atoms with Gasteiger partial charge in [-0.25, -0.2) is 0 Å². The number of nitrogens with zero attached hydrogens (tertiary/aromatic N) is 1. The van der Waals surface area contributed by atoms with Crippen LogP contribution in [0.15, 0.2) is 40.8 Å². The van der Waals surface area contributed by atoms with Crippen molar-refractivity contribution in [2.75, 3.05) is 20.2 Å².